The van der Waals surface area contributed by atoms with E-state index in [2.05, 4.69) is 10.4 Å². The van der Waals surface area contributed by atoms with E-state index in [4.69, 9.17) is 5.11 Å². The van der Waals surface area contributed by atoms with Crippen molar-refractivity contribution in [1.29, 1.82) is 0 Å². The van der Waals surface area contributed by atoms with Gasteiger partial charge < -0.3 is 10.4 Å². The Bertz CT molecular complexity index is 531. The van der Waals surface area contributed by atoms with Gasteiger partial charge in [0.2, 0.25) is 0 Å². The van der Waals surface area contributed by atoms with Gasteiger partial charge in [0.15, 0.2) is 0 Å². The van der Waals surface area contributed by atoms with Gasteiger partial charge in [-0.05, 0) is 30.3 Å². The molecular formula is C13H15N3O2. The highest BCUT2D eigenvalue weighted by molar-refractivity contribution is 5.87. The first kappa shape index (κ1) is 12.2. The lowest BCUT2D eigenvalue weighted by Gasteiger charge is -2.05. The fourth-order valence-corrected chi connectivity index (χ4v) is 1.66. The smallest absolute Gasteiger partial charge is 0.335 e. The third-order valence-electron chi connectivity index (χ3n) is 2.61. The summed E-state index contributed by atoms with van der Waals surface area (Å²) in [5.74, 6) is -0.907. The summed E-state index contributed by atoms with van der Waals surface area (Å²) in [6.45, 7) is 0.767. The molecule has 1 aromatic heterocycles. The van der Waals surface area contributed by atoms with Crippen molar-refractivity contribution in [3.05, 3.63) is 47.8 Å². The van der Waals surface area contributed by atoms with E-state index in [1.807, 2.05) is 19.3 Å². The molecule has 1 aromatic carbocycles. The first-order valence-corrected chi connectivity index (χ1v) is 5.71. The average molecular weight is 245 g/mol. The molecule has 0 aliphatic carbocycles. The van der Waals surface area contributed by atoms with Crippen LogP contribution in [0.4, 0.5) is 5.69 Å². The zero-order valence-electron chi connectivity index (χ0n) is 10.1. The van der Waals surface area contributed by atoms with Crippen molar-refractivity contribution in [2.45, 2.75) is 6.42 Å². The predicted molar refractivity (Wildman–Crippen MR) is 68.8 cm³/mol. The molecule has 1 heterocycles. The van der Waals surface area contributed by atoms with Crippen LogP contribution >= 0.6 is 0 Å². The molecule has 0 fully saturated rings. The second-order valence-electron chi connectivity index (χ2n) is 4.04. The van der Waals surface area contributed by atoms with Gasteiger partial charge in [0, 0.05) is 31.9 Å². The Balaban J connectivity index is 1.85. The second kappa shape index (κ2) is 5.35. The van der Waals surface area contributed by atoms with Crippen molar-refractivity contribution >= 4 is 11.7 Å². The largest absolute Gasteiger partial charge is 0.478 e. The van der Waals surface area contributed by atoms with Crippen molar-refractivity contribution in [2.24, 2.45) is 7.05 Å². The highest BCUT2D eigenvalue weighted by atomic mass is 16.4. The van der Waals surface area contributed by atoms with Crippen molar-refractivity contribution in [3.8, 4) is 0 Å². The van der Waals surface area contributed by atoms with E-state index < -0.39 is 5.97 Å². The number of carboxylic acid groups (broad SMARTS) is 1. The zero-order valence-corrected chi connectivity index (χ0v) is 10.1. The van der Waals surface area contributed by atoms with E-state index in [-0.39, 0.29) is 0 Å². The molecule has 0 spiro atoms. The molecule has 2 aromatic rings. The highest BCUT2D eigenvalue weighted by Gasteiger charge is 2.01. The molecule has 0 aliphatic heterocycles. The maximum Gasteiger partial charge on any atom is 0.335 e. The number of anilines is 1. The van der Waals surface area contributed by atoms with Gasteiger partial charge in [0.1, 0.15) is 0 Å². The number of hydrogen-bond acceptors (Lipinski definition) is 3. The van der Waals surface area contributed by atoms with Gasteiger partial charge >= 0.3 is 5.97 Å². The molecule has 0 amide bonds. The van der Waals surface area contributed by atoms with E-state index in [1.54, 1.807) is 28.9 Å². The standard InChI is InChI=1S/C13H15N3O2/c1-16-9-7-12(15-16)6-8-14-11-4-2-10(3-5-11)13(17)18/h2-5,7,9,14H,6,8H2,1H3,(H,17,18). The maximum absolute atomic E-state index is 10.7. The third-order valence-corrected chi connectivity index (χ3v) is 2.61. The SMILES string of the molecule is Cn1ccc(CCNc2ccc(C(=O)O)cc2)n1. The predicted octanol–water partition coefficient (Wildman–Crippen LogP) is 1.77. The van der Waals surface area contributed by atoms with E-state index in [1.165, 1.54) is 0 Å². The molecular weight excluding hydrogens is 230 g/mol. The quantitative estimate of drug-likeness (QED) is 0.842. The third kappa shape index (κ3) is 3.10. The van der Waals surface area contributed by atoms with Crippen LogP contribution in [0.5, 0.6) is 0 Å². The molecule has 0 radical (unpaired) electrons. The Morgan fingerprint density at radius 3 is 2.61 bits per heavy atom. The van der Waals surface area contributed by atoms with Crippen molar-refractivity contribution < 1.29 is 9.90 Å². The molecule has 0 atom stereocenters. The van der Waals surface area contributed by atoms with Crippen LogP contribution in [0.3, 0.4) is 0 Å². The number of carbonyl (C=O) groups is 1. The summed E-state index contributed by atoms with van der Waals surface area (Å²) >= 11 is 0. The Morgan fingerprint density at radius 1 is 1.33 bits per heavy atom. The molecule has 0 unspecified atom stereocenters. The summed E-state index contributed by atoms with van der Waals surface area (Å²) in [7, 11) is 1.89. The number of aromatic carboxylic acids is 1. The number of nitrogens with zero attached hydrogens (tertiary/aromatic N) is 2. The summed E-state index contributed by atoms with van der Waals surface area (Å²) in [5.41, 5.74) is 2.24. The minimum absolute atomic E-state index is 0.297. The van der Waals surface area contributed by atoms with E-state index in [9.17, 15) is 4.79 Å². The Morgan fingerprint density at radius 2 is 2.06 bits per heavy atom. The van der Waals surface area contributed by atoms with Crippen LogP contribution in [-0.2, 0) is 13.5 Å². The van der Waals surface area contributed by atoms with Gasteiger partial charge in [-0.3, -0.25) is 4.68 Å². The summed E-state index contributed by atoms with van der Waals surface area (Å²) in [6.07, 6.45) is 2.75. The Kier molecular flexibility index (Phi) is 3.62. The summed E-state index contributed by atoms with van der Waals surface area (Å²) in [6, 6.07) is 8.69. The molecule has 94 valence electrons. The van der Waals surface area contributed by atoms with Crippen LogP contribution in [0.2, 0.25) is 0 Å². The second-order valence-corrected chi connectivity index (χ2v) is 4.04. The fourth-order valence-electron chi connectivity index (χ4n) is 1.66. The average Bonchev–Trinajstić information content (AvgIpc) is 2.76. The summed E-state index contributed by atoms with van der Waals surface area (Å²) in [4.78, 5) is 10.7. The van der Waals surface area contributed by atoms with Gasteiger partial charge in [-0.25, -0.2) is 4.79 Å². The molecule has 2 rings (SSSR count). The molecule has 0 bridgehead atoms. The van der Waals surface area contributed by atoms with E-state index in [0.717, 1.165) is 24.3 Å². The summed E-state index contributed by atoms with van der Waals surface area (Å²) in [5, 5.41) is 16.3. The van der Waals surface area contributed by atoms with Crippen LogP contribution in [0.25, 0.3) is 0 Å². The maximum atomic E-state index is 10.7. The molecule has 18 heavy (non-hydrogen) atoms. The monoisotopic (exact) mass is 245 g/mol. The minimum atomic E-state index is -0.907. The number of rotatable bonds is 5. The lowest BCUT2D eigenvalue weighted by molar-refractivity contribution is 0.0697. The first-order chi connectivity index (χ1) is 8.65. The minimum Gasteiger partial charge on any atom is -0.478 e. The Labute approximate surface area is 105 Å². The number of aromatic nitrogens is 2. The molecule has 5 nitrogen and oxygen atoms in total. The fraction of sp³-hybridized carbons (Fsp3) is 0.231. The highest BCUT2D eigenvalue weighted by Crippen LogP contribution is 2.09. The van der Waals surface area contributed by atoms with Crippen LogP contribution in [0.15, 0.2) is 36.5 Å². The molecule has 5 heteroatoms. The van der Waals surface area contributed by atoms with Crippen LogP contribution < -0.4 is 5.32 Å². The normalized spacial score (nSPS) is 10.3. The lowest BCUT2D eigenvalue weighted by atomic mass is 10.2. The van der Waals surface area contributed by atoms with Gasteiger partial charge in [-0.1, -0.05) is 0 Å². The van der Waals surface area contributed by atoms with Crippen LogP contribution in [0.1, 0.15) is 16.1 Å². The first-order valence-electron chi connectivity index (χ1n) is 5.71. The number of benzene rings is 1. The molecule has 0 saturated heterocycles. The van der Waals surface area contributed by atoms with Gasteiger partial charge in [0.05, 0.1) is 11.3 Å². The molecule has 0 aliphatic rings. The lowest BCUT2D eigenvalue weighted by Crippen LogP contribution is -2.06. The van der Waals surface area contributed by atoms with Gasteiger partial charge in [0.25, 0.3) is 0 Å². The topological polar surface area (TPSA) is 67.2 Å². The summed E-state index contributed by atoms with van der Waals surface area (Å²) < 4.78 is 1.77. The van der Waals surface area contributed by atoms with Crippen LogP contribution in [-0.4, -0.2) is 27.4 Å². The Hall–Kier alpha value is -2.30. The van der Waals surface area contributed by atoms with Gasteiger partial charge in [-0.2, -0.15) is 5.10 Å². The van der Waals surface area contributed by atoms with Gasteiger partial charge in [-0.15, -0.1) is 0 Å². The zero-order chi connectivity index (χ0) is 13.0. The number of nitrogens with one attached hydrogen (secondary N) is 1. The van der Waals surface area contributed by atoms with E-state index in [0.29, 0.717) is 5.56 Å². The van der Waals surface area contributed by atoms with Crippen molar-refractivity contribution in [2.75, 3.05) is 11.9 Å². The van der Waals surface area contributed by atoms with Crippen LogP contribution in [0, 0.1) is 0 Å². The number of aryl methyl sites for hydroxylation is 1. The molecule has 0 saturated carbocycles. The van der Waals surface area contributed by atoms with Crippen molar-refractivity contribution in [3.63, 3.8) is 0 Å². The van der Waals surface area contributed by atoms with Crippen molar-refractivity contribution in [1.82, 2.24) is 9.78 Å². The van der Waals surface area contributed by atoms with E-state index >= 15 is 0 Å². The number of hydrogen-bond donors (Lipinski definition) is 2. The number of carboxylic acids is 1. The molecule has 2 N–H and O–H groups in total.